The van der Waals surface area contributed by atoms with Crippen LogP contribution in [0.4, 0.5) is 0 Å². The van der Waals surface area contributed by atoms with Crippen LogP contribution < -0.4 is 19.5 Å². The predicted molar refractivity (Wildman–Crippen MR) is 125 cm³/mol. The number of hydrogen-bond donors (Lipinski definition) is 3. The van der Waals surface area contributed by atoms with E-state index in [9.17, 15) is 18.3 Å². The van der Waals surface area contributed by atoms with Crippen molar-refractivity contribution in [2.75, 3.05) is 32.9 Å². The minimum absolute atomic E-state index is 0.0110. The van der Waals surface area contributed by atoms with Crippen LogP contribution in [0.15, 0.2) is 53.4 Å². The molecule has 2 aromatic carbocycles. The van der Waals surface area contributed by atoms with Gasteiger partial charge in [-0.25, -0.2) is 8.42 Å². The Labute approximate surface area is 199 Å². The Kier molecular flexibility index (Phi) is 8.04. The first-order chi connectivity index (χ1) is 16.4. The van der Waals surface area contributed by atoms with Crippen LogP contribution >= 0.6 is 0 Å². The summed E-state index contributed by atoms with van der Waals surface area (Å²) in [6.07, 6.45) is 1.98. The number of rotatable bonds is 10. The van der Waals surface area contributed by atoms with Gasteiger partial charge in [-0.05, 0) is 68.1 Å². The number of carbonyl (C=O) groups is 1. The third-order valence-corrected chi connectivity index (χ3v) is 7.42. The molecule has 0 spiro atoms. The van der Waals surface area contributed by atoms with Gasteiger partial charge in [-0.2, -0.15) is 4.72 Å². The SMILES string of the molecule is O=C(O)C(Cc1ccc2c(c1)OCC(COCC1CCNCC1)O2)NS(=O)(=O)c1ccccc1. The van der Waals surface area contributed by atoms with E-state index in [0.29, 0.717) is 42.8 Å². The molecule has 184 valence electrons. The van der Waals surface area contributed by atoms with Crippen LogP contribution in [0.5, 0.6) is 11.5 Å². The smallest absolute Gasteiger partial charge is 0.322 e. The number of piperidine rings is 1. The number of sulfonamides is 1. The second-order valence-corrected chi connectivity index (χ2v) is 10.3. The molecule has 1 fully saturated rings. The summed E-state index contributed by atoms with van der Waals surface area (Å²) in [5.74, 6) is 0.367. The predicted octanol–water partition coefficient (Wildman–Crippen LogP) is 1.82. The van der Waals surface area contributed by atoms with E-state index in [4.69, 9.17) is 14.2 Å². The molecule has 2 aromatic rings. The molecule has 2 unspecified atom stereocenters. The van der Waals surface area contributed by atoms with Gasteiger partial charge in [0.2, 0.25) is 10.0 Å². The molecule has 10 heteroatoms. The van der Waals surface area contributed by atoms with E-state index in [2.05, 4.69) is 10.0 Å². The van der Waals surface area contributed by atoms with Crippen LogP contribution in [0, 0.1) is 5.92 Å². The first-order valence-electron chi connectivity index (χ1n) is 11.4. The van der Waals surface area contributed by atoms with Crippen molar-refractivity contribution in [2.24, 2.45) is 5.92 Å². The van der Waals surface area contributed by atoms with Gasteiger partial charge in [0.1, 0.15) is 12.6 Å². The van der Waals surface area contributed by atoms with Gasteiger partial charge in [0.25, 0.3) is 0 Å². The monoisotopic (exact) mass is 490 g/mol. The van der Waals surface area contributed by atoms with Crippen molar-refractivity contribution < 1.29 is 32.5 Å². The Morgan fingerprint density at radius 1 is 1.12 bits per heavy atom. The third kappa shape index (κ3) is 6.47. The van der Waals surface area contributed by atoms with E-state index in [0.717, 1.165) is 25.9 Å². The molecule has 34 heavy (non-hydrogen) atoms. The van der Waals surface area contributed by atoms with Crippen molar-refractivity contribution in [3.05, 3.63) is 54.1 Å². The summed E-state index contributed by atoms with van der Waals surface area (Å²) in [7, 11) is -3.97. The van der Waals surface area contributed by atoms with Gasteiger partial charge in [-0.15, -0.1) is 0 Å². The average Bonchev–Trinajstić information content (AvgIpc) is 2.85. The highest BCUT2D eigenvalue weighted by Gasteiger charge is 2.27. The summed E-state index contributed by atoms with van der Waals surface area (Å²) < 4.78 is 45.1. The maximum absolute atomic E-state index is 12.6. The molecule has 4 rings (SSSR count). The Hall–Kier alpha value is -2.66. The van der Waals surface area contributed by atoms with Gasteiger partial charge in [0.05, 0.1) is 11.5 Å². The Morgan fingerprint density at radius 2 is 1.88 bits per heavy atom. The van der Waals surface area contributed by atoms with Gasteiger partial charge in [-0.3, -0.25) is 4.79 Å². The number of benzene rings is 2. The highest BCUT2D eigenvalue weighted by atomic mass is 32.2. The van der Waals surface area contributed by atoms with E-state index in [1.807, 2.05) is 0 Å². The van der Waals surface area contributed by atoms with Crippen molar-refractivity contribution in [3.8, 4) is 11.5 Å². The largest absolute Gasteiger partial charge is 0.486 e. The number of aliphatic carboxylic acids is 1. The van der Waals surface area contributed by atoms with Gasteiger partial charge in [0, 0.05) is 6.61 Å². The molecule has 0 aliphatic carbocycles. The molecule has 2 aliphatic heterocycles. The lowest BCUT2D eigenvalue weighted by atomic mass is 9.99. The third-order valence-electron chi connectivity index (χ3n) is 5.93. The normalized spacial score (nSPS) is 19.5. The molecule has 1 saturated heterocycles. The molecule has 9 nitrogen and oxygen atoms in total. The number of carboxylic acids is 1. The maximum Gasteiger partial charge on any atom is 0.322 e. The summed E-state index contributed by atoms with van der Waals surface area (Å²) in [5.41, 5.74) is 0.617. The zero-order valence-electron chi connectivity index (χ0n) is 18.8. The molecular formula is C24H30N2O7S. The van der Waals surface area contributed by atoms with E-state index < -0.39 is 22.0 Å². The second-order valence-electron chi connectivity index (χ2n) is 8.59. The molecule has 0 aromatic heterocycles. The lowest BCUT2D eigenvalue weighted by molar-refractivity contribution is -0.138. The molecule has 2 aliphatic rings. The molecule has 3 N–H and O–H groups in total. The van der Waals surface area contributed by atoms with Crippen LogP contribution in [0.3, 0.4) is 0 Å². The summed E-state index contributed by atoms with van der Waals surface area (Å²) in [6, 6.07) is 11.5. The lowest BCUT2D eigenvalue weighted by Crippen LogP contribution is -2.42. The van der Waals surface area contributed by atoms with E-state index in [1.54, 1.807) is 36.4 Å². The minimum atomic E-state index is -3.97. The number of hydrogen-bond acceptors (Lipinski definition) is 7. The topological polar surface area (TPSA) is 123 Å². The zero-order valence-corrected chi connectivity index (χ0v) is 19.6. The van der Waals surface area contributed by atoms with Gasteiger partial charge >= 0.3 is 5.97 Å². The Bertz CT molecular complexity index is 1070. The summed E-state index contributed by atoms with van der Waals surface area (Å²) in [5, 5.41) is 12.9. The standard InChI is InChI=1S/C24H30N2O7S/c27-24(28)21(26-34(29,30)20-4-2-1-3-5-20)12-18-6-7-22-23(13-18)32-16-19(33-22)15-31-14-17-8-10-25-11-9-17/h1-7,13,17,19,21,25-26H,8-12,14-16H2,(H,27,28). The van der Waals surface area contributed by atoms with Crippen molar-refractivity contribution in [1.82, 2.24) is 10.0 Å². The summed E-state index contributed by atoms with van der Waals surface area (Å²) in [4.78, 5) is 11.8. The fourth-order valence-electron chi connectivity index (χ4n) is 4.05. The van der Waals surface area contributed by atoms with Gasteiger partial charge < -0.3 is 24.6 Å². The van der Waals surface area contributed by atoms with Crippen molar-refractivity contribution in [1.29, 1.82) is 0 Å². The van der Waals surface area contributed by atoms with Crippen LogP contribution in [0.1, 0.15) is 18.4 Å². The molecule has 0 amide bonds. The number of carboxylic acid groups (broad SMARTS) is 1. The number of fused-ring (bicyclic) bond motifs is 1. The van der Waals surface area contributed by atoms with Crippen molar-refractivity contribution in [3.63, 3.8) is 0 Å². The Balaban J connectivity index is 1.33. The van der Waals surface area contributed by atoms with Crippen molar-refractivity contribution >= 4 is 16.0 Å². The van der Waals surface area contributed by atoms with Crippen LogP contribution in [-0.4, -0.2) is 64.5 Å². The number of ether oxygens (including phenoxy) is 3. The van der Waals surface area contributed by atoms with Crippen LogP contribution in [-0.2, 0) is 26.0 Å². The quantitative estimate of drug-likeness (QED) is 0.461. The second kappa shape index (κ2) is 11.2. The first kappa shape index (κ1) is 24.5. The van der Waals surface area contributed by atoms with Crippen molar-refractivity contribution in [2.45, 2.75) is 36.3 Å². The summed E-state index contributed by atoms with van der Waals surface area (Å²) >= 11 is 0. The van der Waals surface area contributed by atoms with Gasteiger partial charge in [-0.1, -0.05) is 24.3 Å². The highest BCUT2D eigenvalue weighted by molar-refractivity contribution is 7.89. The maximum atomic E-state index is 12.6. The van der Waals surface area contributed by atoms with Crippen LogP contribution in [0.25, 0.3) is 0 Å². The molecule has 0 bridgehead atoms. The Morgan fingerprint density at radius 3 is 2.62 bits per heavy atom. The zero-order chi connectivity index (χ0) is 24.0. The number of nitrogens with one attached hydrogen (secondary N) is 2. The van der Waals surface area contributed by atoms with Gasteiger partial charge in [0.15, 0.2) is 17.6 Å². The fourth-order valence-corrected chi connectivity index (χ4v) is 5.26. The molecule has 2 heterocycles. The first-order valence-corrected chi connectivity index (χ1v) is 12.9. The van der Waals surface area contributed by atoms with E-state index in [1.165, 1.54) is 12.1 Å². The van der Waals surface area contributed by atoms with E-state index >= 15 is 0 Å². The van der Waals surface area contributed by atoms with Crippen LogP contribution in [0.2, 0.25) is 0 Å². The lowest BCUT2D eigenvalue weighted by Gasteiger charge is -2.28. The molecular weight excluding hydrogens is 460 g/mol. The van der Waals surface area contributed by atoms with E-state index in [-0.39, 0.29) is 17.4 Å². The molecule has 2 atom stereocenters. The average molecular weight is 491 g/mol. The minimum Gasteiger partial charge on any atom is -0.486 e. The molecule has 0 radical (unpaired) electrons. The molecule has 0 saturated carbocycles. The fraction of sp³-hybridized carbons (Fsp3) is 0.458. The highest BCUT2D eigenvalue weighted by Crippen LogP contribution is 2.33. The summed E-state index contributed by atoms with van der Waals surface area (Å²) in [6.45, 7) is 3.54.